The molecule has 27 heavy (non-hydrogen) atoms. The monoisotopic (exact) mass is 368 g/mol. The van der Waals surface area contributed by atoms with Crippen LogP contribution in [0.25, 0.3) is 10.9 Å². The van der Waals surface area contributed by atoms with Gasteiger partial charge in [-0.3, -0.25) is 14.9 Å². The zero-order valence-electron chi connectivity index (χ0n) is 14.4. The second-order valence-corrected chi connectivity index (χ2v) is 6.44. The third-order valence-corrected chi connectivity index (χ3v) is 4.80. The first-order valence-electron chi connectivity index (χ1n) is 8.59. The number of nitro groups is 1. The standard InChI is InChI=1S/C19H17FN4O3/c20-14-5-6-17(24(26)27)18(12-14)22-7-9-23(10-8-22)19(25)16-11-13-3-1-2-4-15(13)21-16/h1-6,11-12,21H,7-10H2. The number of piperazine rings is 1. The van der Waals surface area contributed by atoms with Crippen molar-refractivity contribution in [3.63, 3.8) is 0 Å². The van der Waals surface area contributed by atoms with E-state index in [0.29, 0.717) is 31.9 Å². The van der Waals surface area contributed by atoms with Crippen LogP contribution in [-0.2, 0) is 0 Å². The molecule has 7 nitrogen and oxygen atoms in total. The fourth-order valence-corrected chi connectivity index (χ4v) is 3.41. The van der Waals surface area contributed by atoms with Crippen molar-refractivity contribution in [2.75, 3.05) is 31.1 Å². The average molecular weight is 368 g/mol. The maximum Gasteiger partial charge on any atom is 0.292 e. The lowest BCUT2D eigenvalue weighted by atomic mass is 10.2. The van der Waals surface area contributed by atoms with E-state index in [9.17, 15) is 19.3 Å². The number of amides is 1. The lowest BCUT2D eigenvalue weighted by Crippen LogP contribution is -2.49. The molecular weight excluding hydrogens is 351 g/mol. The Kier molecular flexibility index (Phi) is 4.23. The smallest absolute Gasteiger partial charge is 0.292 e. The summed E-state index contributed by atoms with van der Waals surface area (Å²) in [4.78, 5) is 30.0. The fraction of sp³-hybridized carbons (Fsp3) is 0.211. The van der Waals surface area contributed by atoms with Crippen LogP contribution in [0.5, 0.6) is 0 Å². The first-order chi connectivity index (χ1) is 13.0. The number of nitrogens with zero attached hydrogens (tertiary/aromatic N) is 3. The van der Waals surface area contributed by atoms with Crippen molar-refractivity contribution in [3.05, 3.63) is 70.2 Å². The van der Waals surface area contributed by atoms with Crippen molar-refractivity contribution < 1.29 is 14.1 Å². The number of carbonyl (C=O) groups excluding carboxylic acids is 1. The minimum absolute atomic E-state index is 0.111. The largest absolute Gasteiger partial charge is 0.362 e. The van der Waals surface area contributed by atoms with Gasteiger partial charge in [0, 0.05) is 49.2 Å². The first-order valence-corrected chi connectivity index (χ1v) is 8.59. The van der Waals surface area contributed by atoms with Gasteiger partial charge in [-0.25, -0.2) is 4.39 Å². The Morgan fingerprint density at radius 2 is 1.81 bits per heavy atom. The summed E-state index contributed by atoms with van der Waals surface area (Å²) >= 11 is 0. The molecule has 1 N–H and O–H groups in total. The molecule has 1 fully saturated rings. The predicted octanol–water partition coefficient (Wildman–Crippen LogP) is 3.18. The molecule has 1 aromatic heterocycles. The number of halogens is 1. The number of aromatic nitrogens is 1. The molecule has 8 heteroatoms. The van der Waals surface area contributed by atoms with E-state index >= 15 is 0 Å². The van der Waals surface area contributed by atoms with E-state index in [0.717, 1.165) is 17.0 Å². The summed E-state index contributed by atoms with van der Waals surface area (Å²) in [7, 11) is 0. The van der Waals surface area contributed by atoms with Crippen molar-refractivity contribution in [2.24, 2.45) is 0 Å². The molecule has 2 aromatic carbocycles. The summed E-state index contributed by atoms with van der Waals surface area (Å²) in [5.74, 6) is -0.633. The van der Waals surface area contributed by atoms with Gasteiger partial charge in [0.15, 0.2) is 0 Å². The number of rotatable bonds is 3. The number of anilines is 1. The Morgan fingerprint density at radius 1 is 1.07 bits per heavy atom. The average Bonchev–Trinajstić information content (AvgIpc) is 3.11. The molecule has 0 atom stereocenters. The van der Waals surface area contributed by atoms with Gasteiger partial charge in [0.05, 0.1) is 4.92 Å². The van der Waals surface area contributed by atoms with E-state index in [1.807, 2.05) is 30.3 Å². The Balaban J connectivity index is 1.50. The second kappa shape index (κ2) is 6.71. The van der Waals surface area contributed by atoms with E-state index in [4.69, 9.17) is 0 Å². The summed E-state index contributed by atoms with van der Waals surface area (Å²) in [6.07, 6.45) is 0. The zero-order chi connectivity index (χ0) is 19.0. The minimum Gasteiger partial charge on any atom is -0.362 e. The van der Waals surface area contributed by atoms with Crippen molar-refractivity contribution in [2.45, 2.75) is 0 Å². The predicted molar refractivity (Wildman–Crippen MR) is 99.5 cm³/mol. The number of carbonyl (C=O) groups is 1. The van der Waals surface area contributed by atoms with Crippen molar-refractivity contribution in [3.8, 4) is 0 Å². The molecule has 138 valence electrons. The summed E-state index contributed by atoms with van der Waals surface area (Å²) in [6.45, 7) is 1.61. The number of H-pyrrole nitrogens is 1. The molecule has 0 radical (unpaired) electrons. The van der Waals surface area contributed by atoms with E-state index in [1.165, 1.54) is 12.1 Å². The van der Waals surface area contributed by atoms with Crippen LogP contribution in [0.15, 0.2) is 48.5 Å². The molecule has 1 aliphatic heterocycles. The van der Waals surface area contributed by atoms with Crippen LogP contribution in [0, 0.1) is 15.9 Å². The Labute approximate surface area is 154 Å². The number of benzene rings is 2. The summed E-state index contributed by atoms with van der Waals surface area (Å²) in [6, 6.07) is 12.9. The molecule has 1 saturated heterocycles. The fourth-order valence-electron chi connectivity index (χ4n) is 3.41. The van der Waals surface area contributed by atoms with E-state index in [-0.39, 0.29) is 17.3 Å². The number of hydrogen-bond acceptors (Lipinski definition) is 4. The van der Waals surface area contributed by atoms with Crippen LogP contribution < -0.4 is 4.90 Å². The molecule has 3 aromatic rings. The quantitative estimate of drug-likeness (QED) is 0.569. The summed E-state index contributed by atoms with van der Waals surface area (Å²) < 4.78 is 13.6. The van der Waals surface area contributed by atoms with E-state index < -0.39 is 10.7 Å². The highest BCUT2D eigenvalue weighted by Gasteiger charge is 2.27. The van der Waals surface area contributed by atoms with Gasteiger partial charge in [0.1, 0.15) is 17.2 Å². The maximum absolute atomic E-state index is 13.6. The summed E-state index contributed by atoms with van der Waals surface area (Å²) in [5, 5.41) is 12.2. The highest BCUT2D eigenvalue weighted by molar-refractivity contribution is 5.98. The second-order valence-electron chi connectivity index (χ2n) is 6.44. The van der Waals surface area contributed by atoms with Crippen LogP contribution in [0.1, 0.15) is 10.5 Å². The Bertz CT molecular complexity index is 992. The molecule has 0 aliphatic carbocycles. The van der Waals surface area contributed by atoms with Crippen LogP contribution in [0.4, 0.5) is 15.8 Å². The molecule has 1 amide bonds. The normalized spacial score (nSPS) is 14.6. The van der Waals surface area contributed by atoms with Gasteiger partial charge in [-0.15, -0.1) is 0 Å². The molecule has 0 saturated carbocycles. The van der Waals surface area contributed by atoms with E-state index in [1.54, 1.807) is 9.80 Å². The topological polar surface area (TPSA) is 82.5 Å². The van der Waals surface area contributed by atoms with Gasteiger partial charge in [0.25, 0.3) is 11.6 Å². The minimum atomic E-state index is -0.521. The van der Waals surface area contributed by atoms with Gasteiger partial charge >= 0.3 is 0 Å². The lowest BCUT2D eigenvalue weighted by molar-refractivity contribution is -0.384. The number of hydrogen-bond donors (Lipinski definition) is 1. The van der Waals surface area contributed by atoms with Crippen LogP contribution in [-0.4, -0.2) is 46.9 Å². The molecule has 0 spiro atoms. The van der Waals surface area contributed by atoms with Gasteiger partial charge in [-0.2, -0.15) is 0 Å². The van der Waals surface area contributed by atoms with Crippen molar-refractivity contribution in [1.82, 2.24) is 9.88 Å². The zero-order valence-corrected chi connectivity index (χ0v) is 14.4. The van der Waals surface area contributed by atoms with Crippen LogP contribution in [0.2, 0.25) is 0 Å². The molecular formula is C19H17FN4O3. The van der Waals surface area contributed by atoms with Crippen molar-refractivity contribution in [1.29, 1.82) is 0 Å². The van der Waals surface area contributed by atoms with Gasteiger partial charge in [-0.1, -0.05) is 18.2 Å². The van der Waals surface area contributed by atoms with Crippen molar-refractivity contribution >= 4 is 28.2 Å². The number of para-hydroxylation sites is 1. The maximum atomic E-state index is 13.6. The number of aromatic amines is 1. The molecule has 0 bridgehead atoms. The number of fused-ring (bicyclic) bond motifs is 1. The van der Waals surface area contributed by atoms with E-state index in [2.05, 4.69) is 4.98 Å². The number of nitrogens with one attached hydrogen (secondary N) is 1. The Hall–Kier alpha value is -3.42. The first kappa shape index (κ1) is 17.0. The molecule has 4 rings (SSSR count). The van der Waals surface area contributed by atoms with Crippen LogP contribution >= 0.6 is 0 Å². The van der Waals surface area contributed by atoms with Gasteiger partial charge in [0.2, 0.25) is 0 Å². The molecule has 0 unspecified atom stereocenters. The number of nitro benzene ring substituents is 1. The third kappa shape index (κ3) is 3.21. The lowest BCUT2D eigenvalue weighted by Gasteiger charge is -2.35. The third-order valence-electron chi connectivity index (χ3n) is 4.80. The van der Waals surface area contributed by atoms with Gasteiger partial charge in [-0.05, 0) is 18.2 Å². The SMILES string of the molecule is O=C(c1cc2ccccc2[nH]1)N1CCN(c2cc(F)ccc2[N+](=O)[O-])CC1. The molecule has 2 heterocycles. The Morgan fingerprint density at radius 3 is 2.52 bits per heavy atom. The van der Waals surface area contributed by atoms with Gasteiger partial charge < -0.3 is 14.8 Å². The summed E-state index contributed by atoms with van der Waals surface area (Å²) in [5.41, 5.74) is 1.53. The van der Waals surface area contributed by atoms with Crippen LogP contribution in [0.3, 0.4) is 0 Å². The molecule has 1 aliphatic rings. The highest BCUT2D eigenvalue weighted by Crippen LogP contribution is 2.30. The highest BCUT2D eigenvalue weighted by atomic mass is 19.1.